The normalized spacial score (nSPS) is 14.6. The van der Waals surface area contributed by atoms with Crippen molar-refractivity contribution in [2.75, 3.05) is 27.3 Å². The molecule has 6 nitrogen and oxygen atoms in total. The maximum Gasteiger partial charge on any atom is 0.239 e. The number of ether oxygens (including phenoxy) is 2. The van der Waals surface area contributed by atoms with Gasteiger partial charge in [-0.3, -0.25) is 13.9 Å². The number of likely N-dealkylation sites (N-methyl/N-ethyl adjacent to an activating group) is 1. The van der Waals surface area contributed by atoms with E-state index in [9.17, 15) is 9.59 Å². The predicted molar refractivity (Wildman–Crippen MR) is 151 cm³/mol. The summed E-state index contributed by atoms with van der Waals surface area (Å²) >= 11 is 4.13. The quantitative estimate of drug-likeness (QED) is 0.390. The van der Waals surface area contributed by atoms with E-state index in [1.807, 2.05) is 62.4 Å². The van der Waals surface area contributed by atoms with Crippen LogP contribution in [0.1, 0.15) is 70.9 Å². The fraction of sp³-hybridized carbons (Fsp3) is 0.517. The van der Waals surface area contributed by atoms with Gasteiger partial charge in [-0.2, -0.15) is 0 Å². The van der Waals surface area contributed by atoms with Crippen LogP contribution in [0.3, 0.4) is 0 Å². The summed E-state index contributed by atoms with van der Waals surface area (Å²) in [6.45, 7) is 10.8. The average molecular weight is 517 g/mol. The largest absolute Gasteiger partial charge is 0.497 e. The Morgan fingerprint density at radius 1 is 1.11 bits per heavy atom. The molecule has 1 amide bonds. The molecule has 2 aromatic carbocycles. The van der Waals surface area contributed by atoms with Crippen molar-refractivity contribution < 1.29 is 19.1 Å². The third-order valence-corrected chi connectivity index (χ3v) is 6.67. The number of benzene rings is 2. The van der Waals surface area contributed by atoms with E-state index in [4.69, 9.17) is 15.2 Å². The van der Waals surface area contributed by atoms with Gasteiger partial charge in [0.2, 0.25) is 5.91 Å². The zero-order valence-corrected chi connectivity index (χ0v) is 23.8. The van der Waals surface area contributed by atoms with Gasteiger partial charge in [0.1, 0.15) is 23.9 Å². The first-order valence-electron chi connectivity index (χ1n) is 12.7. The van der Waals surface area contributed by atoms with Gasteiger partial charge in [0, 0.05) is 13.6 Å². The summed E-state index contributed by atoms with van der Waals surface area (Å²) in [5.74, 6) is 1.90. The minimum Gasteiger partial charge on any atom is -0.497 e. The Labute approximate surface area is 223 Å². The molecule has 0 heterocycles. The van der Waals surface area contributed by atoms with Crippen LogP contribution < -0.4 is 15.2 Å². The maximum atomic E-state index is 12.4. The molecule has 200 valence electrons. The molecule has 1 fully saturated rings. The van der Waals surface area contributed by atoms with Crippen molar-refractivity contribution in [2.45, 2.75) is 65.2 Å². The molecule has 0 saturated heterocycles. The minimum atomic E-state index is -0.205. The lowest BCUT2D eigenvalue weighted by atomic mass is 9.85. The molecule has 0 aromatic heterocycles. The lowest BCUT2D eigenvalue weighted by Crippen LogP contribution is -2.28. The summed E-state index contributed by atoms with van der Waals surface area (Å²) in [7, 11) is 3.31. The molecule has 0 radical (unpaired) electrons. The minimum absolute atomic E-state index is 0.00124. The Morgan fingerprint density at radius 2 is 1.72 bits per heavy atom. The summed E-state index contributed by atoms with van der Waals surface area (Å²) in [4.78, 5) is 23.8. The predicted octanol–water partition coefficient (Wildman–Crippen LogP) is 5.80. The number of Topliss-reactive ketones (excluding diaryl/α,β-unsaturated/α-hetero) is 1. The smallest absolute Gasteiger partial charge is 0.239 e. The number of hydrogen-bond donors (Lipinski definition) is 2. The second-order valence-electron chi connectivity index (χ2n) is 8.80. The van der Waals surface area contributed by atoms with Crippen LogP contribution in [0.4, 0.5) is 0 Å². The second kappa shape index (κ2) is 15.6. The molecular weight excluding hydrogens is 472 g/mol. The van der Waals surface area contributed by atoms with Gasteiger partial charge in [-0.25, -0.2) is 0 Å². The van der Waals surface area contributed by atoms with E-state index in [1.54, 1.807) is 21.1 Å². The van der Waals surface area contributed by atoms with Gasteiger partial charge in [0.15, 0.2) is 0 Å². The summed E-state index contributed by atoms with van der Waals surface area (Å²) < 4.78 is 12.0. The molecule has 0 spiro atoms. The fourth-order valence-electron chi connectivity index (χ4n) is 4.01. The van der Waals surface area contributed by atoms with Gasteiger partial charge in [0.05, 0.1) is 18.4 Å². The highest BCUT2D eigenvalue weighted by atomic mass is 32.1. The molecule has 0 bridgehead atoms. The van der Waals surface area contributed by atoms with E-state index >= 15 is 0 Å². The highest BCUT2D eigenvalue weighted by molar-refractivity contribution is 7.78. The van der Waals surface area contributed by atoms with E-state index in [2.05, 4.69) is 26.7 Å². The van der Waals surface area contributed by atoms with Crippen molar-refractivity contribution in [3.05, 3.63) is 59.7 Å². The van der Waals surface area contributed by atoms with Crippen LogP contribution in [-0.4, -0.2) is 43.3 Å². The first-order valence-corrected chi connectivity index (χ1v) is 13.1. The third-order valence-electron chi connectivity index (χ3n) is 6.47. The molecule has 2 unspecified atom stereocenters. The number of methoxy groups -OCH3 is 1. The van der Waals surface area contributed by atoms with Gasteiger partial charge >= 0.3 is 0 Å². The van der Waals surface area contributed by atoms with Gasteiger partial charge in [-0.05, 0) is 61.1 Å². The van der Waals surface area contributed by atoms with Crippen molar-refractivity contribution in [3.63, 3.8) is 0 Å². The third kappa shape index (κ3) is 8.56. The van der Waals surface area contributed by atoms with Gasteiger partial charge in [-0.1, -0.05) is 71.2 Å². The van der Waals surface area contributed by atoms with Crippen molar-refractivity contribution in [1.29, 1.82) is 0 Å². The molecule has 2 aromatic rings. The molecule has 3 rings (SSSR count). The van der Waals surface area contributed by atoms with Crippen LogP contribution in [0.25, 0.3) is 0 Å². The number of thiol groups is 1. The Balaban J connectivity index is 0.000000353. The van der Waals surface area contributed by atoms with Crippen molar-refractivity contribution in [3.8, 4) is 11.5 Å². The number of carbonyl (C=O) groups excluding carboxylic acids is 2. The number of rotatable bonds is 10. The molecule has 0 aliphatic heterocycles. The van der Waals surface area contributed by atoms with Gasteiger partial charge in [0.25, 0.3) is 0 Å². The Hall–Kier alpha value is -2.51. The molecule has 36 heavy (non-hydrogen) atoms. The van der Waals surface area contributed by atoms with Gasteiger partial charge in [-0.15, -0.1) is 0 Å². The van der Waals surface area contributed by atoms with Gasteiger partial charge < -0.3 is 15.2 Å². The molecular formula is C29H44N2O4S. The van der Waals surface area contributed by atoms with Crippen LogP contribution in [-0.2, 0) is 15.0 Å². The van der Waals surface area contributed by atoms with E-state index in [0.29, 0.717) is 13.2 Å². The fourth-order valence-corrected chi connectivity index (χ4v) is 4.13. The molecule has 2 N–H and O–H groups in total. The Bertz CT molecular complexity index is 943. The van der Waals surface area contributed by atoms with Crippen LogP contribution in [0.15, 0.2) is 48.5 Å². The van der Waals surface area contributed by atoms with E-state index in [-0.39, 0.29) is 28.9 Å². The van der Waals surface area contributed by atoms with Crippen molar-refractivity contribution in [2.24, 2.45) is 11.7 Å². The lowest BCUT2D eigenvalue weighted by molar-refractivity contribution is -0.128. The highest BCUT2D eigenvalue weighted by Gasteiger charge is 2.48. The second-order valence-corrected chi connectivity index (χ2v) is 9.40. The number of carbonyl (C=O) groups is 2. The number of nitrogens with two attached hydrogens (primary N) is 1. The first kappa shape index (κ1) is 31.5. The number of ketones is 1. The van der Waals surface area contributed by atoms with Crippen molar-refractivity contribution in [1.82, 2.24) is 4.31 Å². The van der Waals surface area contributed by atoms with E-state index < -0.39 is 0 Å². The number of nitrogens with zero attached hydrogens (tertiary/aromatic N) is 1. The van der Waals surface area contributed by atoms with Crippen LogP contribution in [0.5, 0.6) is 11.5 Å². The number of amides is 1. The average Bonchev–Trinajstić information content (AvgIpc) is 3.72. The lowest BCUT2D eigenvalue weighted by Gasteiger charge is -2.25. The summed E-state index contributed by atoms with van der Waals surface area (Å²) in [5.41, 5.74) is 7.36. The standard InChI is InChI=1S/C15H24N2O2S.C12H14O2.C2H6/c1-4-11(2)14(15(18)17(3)20)12-6-5-7-13(10-12)19-9-8-16;1-9(13)12(7-8-12)10-3-5-11(14-2)6-4-10;1-2/h5-7,10-11,14,20H,4,8-9,16H2,1-3H3;3-6H,7-8H2,1-2H3;1-2H3. The molecule has 1 aliphatic carbocycles. The summed E-state index contributed by atoms with van der Waals surface area (Å²) in [5, 5.41) is 0. The highest BCUT2D eigenvalue weighted by Crippen LogP contribution is 2.49. The van der Waals surface area contributed by atoms with Crippen LogP contribution in [0, 0.1) is 5.92 Å². The van der Waals surface area contributed by atoms with Crippen molar-refractivity contribution >= 4 is 24.5 Å². The van der Waals surface area contributed by atoms with Crippen LogP contribution in [0.2, 0.25) is 0 Å². The number of hydrogen-bond acceptors (Lipinski definition) is 6. The van der Waals surface area contributed by atoms with E-state index in [1.165, 1.54) is 4.31 Å². The first-order chi connectivity index (χ1) is 17.2. The zero-order valence-electron chi connectivity index (χ0n) is 22.9. The molecule has 2 atom stereocenters. The van der Waals surface area contributed by atoms with Crippen LogP contribution >= 0.6 is 12.8 Å². The monoisotopic (exact) mass is 516 g/mol. The molecule has 1 saturated carbocycles. The molecule has 1 aliphatic rings. The molecule has 7 heteroatoms. The SMILES string of the molecule is CC.CCC(C)C(C(=O)N(C)S)c1cccc(OCCN)c1.COc1ccc(C2(C(C)=O)CC2)cc1. The Morgan fingerprint density at radius 3 is 2.17 bits per heavy atom. The summed E-state index contributed by atoms with van der Waals surface area (Å²) in [6.07, 6.45) is 2.91. The maximum absolute atomic E-state index is 12.4. The topological polar surface area (TPSA) is 81.9 Å². The van der Waals surface area contributed by atoms with E-state index in [0.717, 1.165) is 41.9 Å². The summed E-state index contributed by atoms with van der Waals surface area (Å²) in [6, 6.07) is 15.5. The zero-order chi connectivity index (χ0) is 27.3. The Kier molecular flexibility index (Phi) is 13.6.